The molecule has 1 N–H and O–H groups in total. The Bertz CT molecular complexity index is 1910. The third kappa shape index (κ3) is 5.50. The van der Waals surface area contributed by atoms with E-state index in [4.69, 9.17) is 9.52 Å². The Hall–Kier alpha value is -5.08. The molecule has 0 unspecified atom stereocenters. The number of benzene rings is 4. The van der Waals surface area contributed by atoms with Crippen LogP contribution in [0, 0.1) is 5.82 Å². The van der Waals surface area contributed by atoms with Gasteiger partial charge in [0.1, 0.15) is 11.4 Å². The summed E-state index contributed by atoms with van der Waals surface area (Å²) in [7, 11) is 0. The molecule has 0 fully saturated rings. The van der Waals surface area contributed by atoms with E-state index in [1.165, 1.54) is 18.2 Å². The van der Waals surface area contributed by atoms with Crippen LogP contribution in [0.25, 0.3) is 34.0 Å². The minimum absolute atomic E-state index is 0.0409. The van der Waals surface area contributed by atoms with Crippen LogP contribution in [0.1, 0.15) is 21.7 Å². The largest absolute Gasteiger partial charge is 0.450 e. The summed E-state index contributed by atoms with van der Waals surface area (Å²) in [5.74, 6) is -1.12. The van der Waals surface area contributed by atoms with E-state index in [1.54, 1.807) is 71.6 Å². The Labute approximate surface area is 242 Å². The number of amides is 1. The van der Waals surface area contributed by atoms with Gasteiger partial charge in [-0.05, 0) is 78.9 Å². The molecule has 0 spiro atoms. The molecule has 2 aromatic heterocycles. The van der Waals surface area contributed by atoms with Crippen LogP contribution in [-0.4, -0.2) is 21.5 Å². The highest BCUT2D eigenvalue weighted by Crippen LogP contribution is 2.33. The number of para-hydroxylation sites is 2. The monoisotopic (exact) mass is 605 g/mol. The van der Waals surface area contributed by atoms with E-state index in [1.807, 2.05) is 36.4 Å². The molecular weight excluding hydrogens is 585 g/mol. The second-order valence-corrected chi connectivity index (χ2v) is 10.1. The summed E-state index contributed by atoms with van der Waals surface area (Å²) >= 11 is 3.38. The molecule has 0 aliphatic carbocycles. The van der Waals surface area contributed by atoms with Crippen LogP contribution in [0.3, 0.4) is 0 Å². The molecule has 0 saturated carbocycles. The number of nitrogens with one attached hydrogen (secondary N) is 1. The van der Waals surface area contributed by atoms with E-state index in [0.29, 0.717) is 39.0 Å². The van der Waals surface area contributed by atoms with Crippen molar-refractivity contribution in [1.29, 1.82) is 0 Å². The predicted octanol–water partition coefficient (Wildman–Crippen LogP) is 8.07. The molecule has 41 heavy (non-hydrogen) atoms. The quantitative estimate of drug-likeness (QED) is 0.147. The minimum Gasteiger partial charge on any atom is -0.450 e. The summed E-state index contributed by atoms with van der Waals surface area (Å²) in [5, 5.41) is 8.15. The number of nitrogens with zero attached hydrogens (tertiary/aromatic N) is 2. The normalized spacial score (nSPS) is 11.3. The van der Waals surface area contributed by atoms with Gasteiger partial charge in [0, 0.05) is 38.8 Å². The lowest BCUT2D eigenvalue weighted by Crippen LogP contribution is -2.11. The number of anilines is 1. The highest BCUT2D eigenvalue weighted by atomic mass is 79.9. The molecule has 0 saturated heterocycles. The van der Waals surface area contributed by atoms with E-state index in [0.717, 1.165) is 10.2 Å². The van der Waals surface area contributed by atoms with Gasteiger partial charge in [-0.2, -0.15) is 5.10 Å². The lowest BCUT2D eigenvalue weighted by atomic mass is 10.1. The number of rotatable bonds is 7. The van der Waals surface area contributed by atoms with Crippen molar-refractivity contribution in [1.82, 2.24) is 9.78 Å². The maximum absolute atomic E-state index is 13.6. The van der Waals surface area contributed by atoms with Gasteiger partial charge in [-0.3, -0.25) is 9.59 Å². The van der Waals surface area contributed by atoms with Crippen LogP contribution in [0.15, 0.2) is 124 Å². The van der Waals surface area contributed by atoms with Gasteiger partial charge in [0.05, 0.1) is 17.1 Å². The van der Waals surface area contributed by atoms with Gasteiger partial charge in [0.15, 0.2) is 5.76 Å². The molecule has 4 aromatic carbocycles. The smallest absolute Gasteiger partial charge is 0.248 e. The standard InChI is InChI=1S/C33H21BrFN3O3/c34-24-15-10-22(11-16-24)32(40)33-31(27-8-4-5-9-28(27)41-33)36-29(39)19-14-23-20-38(26-6-2-1-3-7-26)37-30(23)21-12-17-25(35)18-13-21/h1-20H,(H,36,39). The van der Waals surface area contributed by atoms with Crippen LogP contribution in [0.5, 0.6) is 0 Å². The number of hydrogen-bond acceptors (Lipinski definition) is 4. The molecule has 6 rings (SSSR count). The van der Waals surface area contributed by atoms with Gasteiger partial charge < -0.3 is 9.73 Å². The van der Waals surface area contributed by atoms with Crippen LogP contribution in [0.4, 0.5) is 10.1 Å². The topological polar surface area (TPSA) is 77.1 Å². The fourth-order valence-electron chi connectivity index (χ4n) is 4.45. The number of halogens is 2. The van der Waals surface area contributed by atoms with Crippen LogP contribution in [0.2, 0.25) is 0 Å². The molecule has 0 bridgehead atoms. The number of fused-ring (bicyclic) bond motifs is 1. The summed E-state index contributed by atoms with van der Waals surface area (Å²) in [6.45, 7) is 0. The molecule has 0 radical (unpaired) electrons. The molecule has 0 aliphatic rings. The first-order valence-electron chi connectivity index (χ1n) is 12.7. The van der Waals surface area contributed by atoms with E-state index in [-0.39, 0.29) is 17.4 Å². The zero-order valence-corrected chi connectivity index (χ0v) is 23.0. The average Bonchev–Trinajstić information content (AvgIpc) is 3.59. The zero-order valence-electron chi connectivity index (χ0n) is 21.4. The molecule has 6 nitrogen and oxygen atoms in total. The van der Waals surface area contributed by atoms with Crippen molar-refractivity contribution in [2.75, 3.05) is 5.32 Å². The summed E-state index contributed by atoms with van der Waals surface area (Å²) in [6.07, 6.45) is 4.81. The molecule has 2 heterocycles. The number of furan rings is 1. The van der Waals surface area contributed by atoms with Crippen molar-refractivity contribution >= 4 is 50.4 Å². The van der Waals surface area contributed by atoms with Crippen molar-refractivity contribution in [2.45, 2.75) is 0 Å². The predicted molar refractivity (Wildman–Crippen MR) is 160 cm³/mol. The van der Waals surface area contributed by atoms with E-state index in [2.05, 4.69) is 21.2 Å². The molecule has 8 heteroatoms. The van der Waals surface area contributed by atoms with E-state index in [9.17, 15) is 14.0 Å². The lowest BCUT2D eigenvalue weighted by molar-refractivity contribution is -0.111. The fourth-order valence-corrected chi connectivity index (χ4v) is 4.71. The van der Waals surface area contributed by atoms with Gasteiger partial charge in [-0.15, -0.1) is 0 Å². The Morgan fingerprint density at radius 1 is 0.878 bits per heavy atom. The number of carbonyl (C=O) groups excluding carboxylic acids is 2. The lowest BCUT2D eigenvalue weighted by Gasteiger charge is -2.04. The first-order valence-corrected chi connectivity index (χ1v) is 13.5. The number of hydrogen-bond donors (Lipinski definition) is 1. The first-order chi connectivity index (χ1) is 20.0. The van der Waals surface area contributed by atoms with Crippen molar-refractivity contribution in [3.05, 3.63) is 143 Å². The van der Waals surface area contributed by atoms with E-state index >= 15 is 0 Å². The SMILES string of the molecule is O=C(C=Cc1cn(-c2ccccc2)nc1-c1ccc(F)cc1)Nc1c(C(=O)c2ccc(Br)cc2)oc2ccccc12. The van der Waals surface area contributed by atoms with Gasteiger partial charge in [-0.1, -0.05) is 46.3 Å². The number of carbonyl (C=O) groups is 2. The van der Waals surface area contributed by atoms with Crippen LogP contribution < -0.4 is 5.32 Å². The molecule has 0 atom stereocenters. The second-order valence-electron chi connectivity index (χ2n) is 9.18. The number of ketones is 1. The summed E-state index contributed by atoms with van der Waals surface area (Å²) < 4.78 is 22.1. The van der Waals surface area contributed by atoms with Gasteiger partial charge in [-0.25, -0.2) is 9.07 Å². The second kappa shape index (κ2) is 11.2. The van der Waals surface area contributed by atoms with Crippen LogP contribution in [-0.2, 0) is 4.79 Å². The minimum atomic E-state index is -0.459. The van der Waals surface area contributed by atoms with Gasteiger partial charge >= 0.3 is 0 Å². The Morgan fingerprint density at radius 2 is 1.59 bits per heavy atom. The van der Waals surface area contributed by atoms with Gasteiger partial charge in [0.25, 0.3) is 0 Å². The van der Waals surface area contributed by atoms with Gasteiger partial charge in [0.2, 0.25) is 11.7 Å². The Morgan fingerprint density at radius 3 is 2.34 bits per heavy atom. The summed E-state index contributed by atoms with van der Waals surface area (Å²) in [4.78, 5) is 26.6. The Balaban J connectivity index is 1.34. The average molecular weight is 606 g/mol. The van der Waals surface area contributed by atoms with Crippen LogP contribution >= 0.6 is 15.9 Å². The molecule has 200 valence electrons. The molecule has 1 amide bonds. The number of aromatic nitrogens is 2. The highest BCUT2D eigenvalue weighted by molar-refractivity contribution is 9.10. The van der Waals surface area contributed by atoms with E-state index < -0.39 is 5.91 Å². The summed E-state index contributed by atoms with van der Waals surface area (Å²) in [6, 6.07) is 29.6. The Kier molecular flexibility index (Phi) is 7.14. The summed E-state index contributed by atoms with van der Waals surface area (Å²) in [5.41, 5.74) is 3.97. The molecule has 6 aromatic rings. The molecular formula is C33H21BrFN3O3. The maximum atomic E-state index is 13.6. The van der Waals surface area contributed by atoms with Crippen molar-refractivity contribution in [3.63, 3.8) is 0 Å². The van der Waals surface area contributed by atoms with Crippen molar-refractivity contribution in [3.8, 4) is 16.9 Å². The fraction of sp³-hybridized carbons (Fsp3) is 0. The maximum Gasteiger partial charge on any atom is 0.248 e. The van der Waals surface area contributed by atoms with Crippen molar-refractivity contribution in [2.24, 2.45) is 0 Å². The third-order valence-corrected chi connectivity index (χ3v) is 6.98. The highest BCUT2D eigenvalue weighted by Gasteiger charge is 2.23. The van der Waals surface area contributed by atoms with Crippen molar-refractivity contribution < 1.29 is 18.4 Å². The molecule has 0 aliphatic heterocycles. The third-order valence-electron chi connectivity index (χ3n) is 6.45. The first kappa shape index (κ1) is 26.2. The zero-order chi connectivity index (χ0) is 28.3.